The van der Waals surface area contributed by atoms with Crippen molar-refractivity contribution in [3.05, 3.63) is 0 Å². The summed E-state index contributed by atoms with van der Waals surface area (Å²) in [5, 5.41) is 3.68. The molecule has 0 bridgehead atoms. The van der Waals surface area contributed by atoms with Gasteiger partial charge in [-0.15, -0.1) is 0 Å². The van der Waals surface area contributed by atoms with E-state index in [-0.39, 0.29) is 5.54 Å². The minimum absolute atomic E-state index is 0.199. The molecular weight excluding hydrogens is 260 g/mol. The van der Waals surface area contributed by atoms with E-state index in [4.69, 9.17) is 0 Å². The summed E-state index contributed by atoms with van der Waals surface area (Å²) in [4.78, 5) is 2.35. The van der Waals surface area contributed by atoms with Crippen LogP contribution in [0.1, 0.15) is 39.5 Å². The van der Waals surface area contributed by atoms with E-state index in [1.165, 1.54) is 12.8 Å². The van der Waals surface area contributed by atoms with E-state index in [0.29, 0.717) is 18.1 Å². The van der Waals surface area contributed by atoms with E-state index < -0.39 is 9.84 Å². The second kappa shape index (κ2) is 6.10. The molecule has 2 aliphatic rings. The molecule has 1 N–H and O–H groups in total. The van der Waals surface area contributed by atoms with Crippen LogP contribution < -0.4 is 5.32 Å². The third-order valence-corrected chi connectivity index (χ3v) is 6.28. The van der Waals surface area contributed by atoms with Gasteiger partial charge in [-0.05, 0) is 51.6 Å². The maximum Gasteiger partial charge on any atom is 0.151 e. The first-order valence-electron chi connectivity index (χ1n) is 7.63. The Bertz CT molecular complexity index is 392. The lowest BCUT2D eigenvalue weighted by Gasteiger charge is -2.33. The maximum atomic E-state index is 11.8. The molecule has 1 saturated heterocycles. The topological polar surface area (TPSA) is 49.4 Å². The molecule has 0 radical (unpaired) electrons. The summed E-state index contributed by atoms with van der Waals surface area (Å²) in [6, 6.07) is 0. The van der Waals surface area contributed by atoms with E-state index in [0.717, 1.165) is 38.4 Å². The summed E-state index contributed by atoms with van der Waals surface area (Å²) in [7, 11) is -2.85. The summed E-state index contributed by atoms with van der Waals surface area (Å²) >= 11 is 0. The molecule has 0 aromatic rings. The van der Waals surface area contributed by atoms with Gasteiger partial charge in [-0.3, -0.25) is 0 Å². The first-order chi connectivity index (χ1) is 8.95. The number of nitrogens with one attached hydrogen (secondary N) is 1. The monoisotopic (exact) mass is 288 g/mol. The van der Waals surface area contributed by atoms with Gasteiger partial charge in [-0.25, -0.2) is 8.42 Å². The number of hydrogen-bond acceptors (Lipinski definition) is 4. The van der Waals surface area contributed by atoms with Gasteiger partial charge in [0, 0.05) is 24.4 Å². The van der Waals surface area contributed by atoms with Crippen LogP contribution in [0.3, 0.4) is 0 Å². The smallest absolute Gasteiger partial charge is 0.151 e. The van der Waals surface area contributed by atoms with Gasteiger partial charge in [0.05, 0.1) is 5.75 Å². The minimum atomic E-state index is -2.85. The molecule has 1 atom stereocenters. The summed E-state index contributed by atoms with van der Waals surface area (Å²) in [6.45, 7) is 8.02. The van der Waals surface area contributed by atoms with Crippen LogP contribution in [0, 0.1) is 5.92 Å². The van der Waals surface area contributed by atoms with Crippen molar-refractivity contribution in [2.75, 3.05) is 37.7 Å². The molecule has 0 spiro atoms. The van der Waals surface area contributed by atoms with Gasteiger partial charge in [0.1, 0.15) is 0 Å². The highest BCUT2D eigenvalue weighted by Gasteiger charge is 2.42. The van der Waals surface area contributed by atoms with Crippen molar-refractivity contribution in [2.24, 2.45) is 5.92 Å². The molecule has 5 heteroatoms. The van der Waals surface area contributed by atoms with Crippen LogP contribution in [0.4, 0.5) is 0 Å². The Morgan fingerprint density at radius 2 is 2.05 bits per heavy atom. The summed E-state index contributed by atoms with van der Waals surface area (Å²) < 4.78 is 23.6. The van der Waals surface area contributed by atoms with Crippen molar-refractivity contribution >= 4 is 9.84 Å². The lowest BCUT2D eigenvalue weighted by atomic mass is 9.95. The average molecular weight is 288 g/mol. The Labute approximate surface area is 117 Å². The standard InChI is InChI=1S/C14H28N2O2S/c1-3-10-19(17,18)11-9-16-8-4-7-15-14(2,12-16)13-5-6-13/h13,15H,3-12H2,1-2H3. The molecular formula is C14H28N2O2S. The van der Waals surface area contributed by atoms with Crippen LogP contribution in [0.25, 0.3) is 0 Å². The molecule has 2 fully saturated rings. The number of hydrogen-bond donors (Lipinski definition) is 1. The zero-order chi connectivity index (χ0) is 13.9. The van der Waals surface area contributed by atoms with Crippen LogP contribution in [-0.4, -0.2) is 56.5 Å². The summed E-state index contributed by atoms with van der Waals surface area (Å²) in [6.07, 6.45) is 4.50. The van der Waals surface area contributed by atoms with Crippen LogP contribution in [0.5, 0.6) is 0 Å². The fraction of sp³-hybridized carbons (Fsp3) is 1.00. The normalized spacial score (nSPS) is 30.2. The summed E-state index contributed by atoms with van der Waals surface area (Å²) in [5.41, 5.74) is 0.199. The number of sulfone groups is 1. The molecule has 0 amide bonds. The molecule has 1 heterocycles. The predicted molar refractivity (Wildman–Crippen MR) is 79.1 cm³/mol. The third-order valence-electron chi connectivity index (χ3n) is 4.44. The van der Waals surface area contributed by atoms with Crippen LogP contribution >= 0.6 is 0 Å². The molecule has 1 aliphatic carbocycles. The molecule has 2 rings (SSSR count). The van der Waals surface area contributed by atoms with Gasteiger partial charge < -0.3 is 10.2 Å². The highest BCUT2D eigenvalue weighted by atomic mass is 32.2. The first kappa shape index (κ1) is 15.3. The Morgan fingerprint density at radius 3 is 2.68 bits per heavy atom. The largest absolute Gasteiger partial charge is 0.310 e. The molecule has 0 aromatic carbocycles. The molecule has 1 aliphatic heterocycles. The third kappa shape index (κ3) is 4.43. The Balaban J connectivity index is 1.88. The van der Waals surface area contributed by atoms with Crippen molar-refractivity contribution in [1.82, 2.24) is 10.2 Å². The minimum Gasteiger partial charge on any atom is -0.310 e. The number of rotatable bonds is 6. The highest BCUT2D eigenvalue weighted by Crippen LogP contribution is 2.40. The molecule has 112 valence electrons. The van der Waals surface area contributed by atoms with Crippen LogP contribution in [-0.2, 0) is 9.84 Å². The van der Waals surface area contributed by atoms with Crippen molar-refractivity contribution < 1.29 is 8.42 Å². The fourth-order valence-electron chi connectivity index (χ4n) is 3.14. The van der Waals surface area contributed by atoms with Crippen LogP contribution in [0.2, 0.25) is 0 Å². The zero-order valence-corrected chi connectivity index (χ0v) is 13.1. The van der Waals surface area contributed by atoms with Gasteiger partial charge in [0.15, 0.2) is 9.84 Å². The van der Waals surface area contributed by atoms with Gasteiger partial charge in [-0.1, -0.05) is 6.92 Å². The SMILES string of the molecule is CCCS(=O)(=O)CCN1CCCNC(C)(C2CC2)C1. The van der Waals surface area contributed by atoms with Gasteiger partial charge in [0.25, 0.3) is 0 Å². The van der Waals surface area contributed by atoms with Crippen molar-refractivity contribution in [3.63, 3.8) is 0 Å². The maximum absolute atomic E-state index is 11.8. The van der Waals surface area contributed by atoms with Gasteiger partial charge >= 0.3 is 0 Å². The lowest BCUT2D eigenvalue weighted by molar-refractivity contribution is 0.209. The molecule has 4 nitrogen and oxygen atoms in total. The van der Waals surface area contributed by atoms with Gasteiger partial charge in [-0.2, -0.15) is 0 Å². The number of nitrogens with zero attached hydrogens (tertiary/aromatic N) is 1. The van der Waals surface area contributed by atoms with Crippen LogP contribution in [0.15, 0.2) is 0 Å². The summed E-state index contributed by atoms with van der Waals surface area (Å²) in [5.74, 6) is 1.45. The Morgan fingerprint density at radius 1 is 1.32 bits per heavy atom. The van der Waals surface area contributed by atoms with E-state index in [1.54, 1.807) is 0 Å². The van der Waals surface area contributed by atoms with E-state index >= 15 is 0 Å². The Hall–Kier alpha value is -0.130. The van der Waals surface area contributed by atoms with E-state index in [9.17, 15) is 8.42 Å². The first-order valence-corrected chi connectivity index (χ1v) is 9.45. The van der Waals surface area contributed by atoms with Crippen molar-refractivity contribution in [2.45, 2.75) is 45.1 Å². The second-order valence-corrected chi connectivity index (χ2v) is 8.70. The quantitative estimate of drug-likeness (QED) is 0.800. The van der Waals surface area contributed by atoms with Crippen molar-refractivity contribution in [1.29, 1.82) is 0 Å². The highest BCUT2D eigenvalue weighted by molar-refractivity contribution is 7.91. The second-order valence-electron chi connectivity index (χ2n) is 6.40. The molecule has 19 heavy (non-hydrogen) atoms. The van der Waals surface area contributed by atoms with Gasteiger partial charge in [0.2, 0.25) is 0 Å². The van der Waals surface area contributed by atoms with E-state index in [1.807, 2.05) is 6.92 Å². The molecule has 1 saturated carbocycles. The van der Waals surface area contributed by atoms with E-state index in [2.05, 4.69) is 17.1 Å². The average Bonchev–Trinajstić information content (AvgIpc) is 3.13. The predicted octanol–water partition coefficient (Wildman–Crippen LogP) is 1.28. The van der Waals surface area contributed by atoms with Crippen molar-refractivity contribution in [3.8, 4) is 0 Å². The Kier molecular flexibility index (Phi) is 4.90. The lowest BCUT2D eigenvalue weighted by Crippen LogP contribution is -2.51. The fourth-order valence-corrected chi connectivity index (χ4v) is 4.50. The molecule has 0 aromatic heterocycles. The zero-order valence-electron chi connectivity index (χ0n) is 12.3. The molecule has 1 unspecified atom stereocenters.